The minimum Gasteiger partial charge on any atom is -0.372 e. The Bertz CT molecular complexity index is 949. The summed E-state index contributed by atoms with van der Waals surface area (Å²) in [4.78, 5) is 53.1. The van der Waals surface area contributed by atoms with Crippen LogP contribution in [0.15, 0.2) is 18.2 Å². The number of benzene rings is 1. The number of carbonyl (C=O) groups is 3. The highest BCUT2D eigenvalue weighted by Gasteiger charge is 2.64. The second kappa shape index (κ2) is 7.05. The van der Waals surface area contributed by atoms with Gasteiger partial charge < -0.3 is 9.64 Å². The van der Waals surface area contributed by atoms with E-state index in [4.69, 9.17) is 4.74 Å². The largest absolute Gasteiger partial charge is 0.372 e. The maximum atomic E-state index is 13.7. The monoisotopic (exact) mass is 416 g/mol. The number of ether oxygens (including phenoxy) is 1. The van der Waals surface area contributed by atoms with Gasteiger partial charge >= 0.3 is 6.03 Å². The first-order valence-electron chi connectivity index (χ1n) is 10.1. The number of morpholine rings is 1. The smallest absolute Gasteiger partial charge is 0.330 e. The average Bonchev–Trinajstić information content (AvgIpc) is 2.68. The summed E-state index contributed by atoms with van der Waals surface area (Å²) in [6.07, 6.45) is -0.123. The van der Waals surface area contributed by atoms with Crippen molar-refractivity contribution in [3.8, 4) is 0 Å². The van der Waals surface area contributed by atoms with Crippen LogP contribution in [-0.2, 0) is 20.7 Å². The molecule has 0 bridgehead atoms. The molecule has 10 heteroatoms. The van der Waals surface area contributed by atoms with Gasteiger partial charge in [0, 0.05) is 37.3 Å². The number of rotatable bonds is 3. The molecule has 1 aromatic rings. The van der Waals surface area contributed by atoms with Crippen LogP contribution >= 0.6 is 0 Å². The van der Waals surface area contributed by atoms with Crippen molar-refractivity contribution in [2.45, 2.75) is 51.9 Å². The molecule has 2 saturated heterocycles. The minimum absolute atomic E-state index is 0.0363. The van der Waals surface area contributed by atoms with Gasteiger partial charge in [0.2, 0.25) is 11.8 Å². The second-order valence-electron chi connectivity index (χ2n) is 8.18. The molecule has 1 spiro atoms. The number of nitro benzene ring substituents is 1. The van der Waals surface area contributed by atoms with E-state index >= 15 is 0 Å². The molecule has 0 radical (unpaired) electrons. The second-order valence-corrected chi connectivity index (χ2v) is 8.18. The third-order valence-electron chi connectivity index (χ3n) is 6.18. The summed E-state index contributed by atoms with van der Waals surface area (Å²) in [5.41, 5.74) is -0.430. The molecule has 4 rings (SSSR count). The van der Waals surface area contributed by atoms with Crippen molar-refractivity contribution in [3.63, 3.8) is 0 Å². The third-order valence-corrected chi connectivity index (χ3v) is 6.18. The molecular weight excluding hydrogens is 392 g/mol. The predicted octanol–water partition coefficient (Wildman–Crippen LogP) is 1.61. The number of nitrogens with zero attached hydrogens (tertiary/aromatic N) is 3. The van der Waals surface area contributed by atoms with E-state index < -0.39 is 40.3 Å². The number of urea groups is 1. The van der Waals surface area contributed by atoms with Crippen molar-refractivity contribution in [2.24, 2.45) is 5.41 Å². The summed E-state index contributed by atoms with van der Waals surface area (Å²) >= 11 is 0. The van der Waals surface area contributed by atoms with Crippen molar-refractivity contribution >= 4 is 29.2 Å². The molecule has 0 aromatic heterocycles. The lowest BCUT2D eigenvalue weighted by Gasteiger charge is -2.56. The van der Waals surface area contributed by atoms with E-state index in [9.17, 15) is 24.5 Å². The van der Waals surface area contributed by atoms with Crippen LogP contribution in [0.3, 0.4) is 0 Å². The molecule has 0 unspecified atom stereocenters. The summed E-state index contributed by atoms with van der Waals surface area (Å²) in [6, 6.07) is 3.14. The Morgan fingerprint density at radius 1 is 1.30 bits per heavy atom. The van der Waals surface area contributed by atoms with E-state index in [1.165, 1.54) is 12.1 Å². The SMILES string of the molecule is CCCN1C(=O)NC(=O)[C@]2(Cc3cc([N+](=O)[O-])ccc3N3C[C@H](C)O[C@@H](C)[C@H]32)C1=O. The zero-order valence-electron chi connectivity index (χ0n) is 17.1. The van der Waals surface area contributed by atoms with Gasteiger partial charge in [-0.25, -0.2) is 4.79 Å². The fourth-order valence-electron chi connectivity index (χ4n) is 5.10. The average molecular weight is 416 g/mol. The van der Waals surface area contributed by atoms with Gasteiger partial charge in [-0.15, -0.1) is 0 Å². The number of carbonyl (C=O) groups excluding carboxylic acids is 3. The number of barbiturate groups is 1. The molecule has 4 amide bonds. The third kappa shape index (κ3) is 2.78. The molecule has 160 valence electrons. The number of anilines is 1. The van der Waals surface area contributed by atoms with E-state index in [0.717, 1.165) is 10.6 Å². The number of amides is 4. The Kier molecular flexibility index (Phi) is 4.76. The van der Waals surface area contributed by atoms with Crippen molar-refractivity contribution in [1.29, 1.82) is 0 Å². The predicted molar refractivity (Wildman–Crippen MR) is 106 cm³/mol. The maximum Gasteiger partial charge on any atom is 0.330 e. The van der Waals surface area contributed by atoms with Crippen LogP contribution in [0.25, 0.3) is 0 Å². The highest BCUT2D eigenvalue weighted by Crippen LogP contribution is 2.48. The van der Waals surface area contributed by atoms with Crippen LogP contribution in [0.2, 0.25) is 0 Å². The van der Waals surface area contributed by atoms with E-state index in [-0.39, 0.29) is 24.8 Å². The number of imide groups is 2. The van der Waals surface area contributed by atoms with Crippen LogP contribution in [-0.4, -0.2) is 59.0 Å². The Labute approximate surface area is 173 Å². The van der Waals surface area contributed by atoms with Gasteiger partial charge in [0.1, 0.15) is 0 Å². The lowest BCUT2D eigenvalue weighted by Crippen LogP contribution is -2.75. The Hall–Kier alpha value is -3.01. The maximum absolute atomic E-state index is 13.7. The van der Waals surface area contributed by atoms with E-state index in [2.05, 4.69) is 5.32 Å². The van der Waals surface area contributed by atoms with Gasteiger partial charge in [-0.3, -0.25) is 29.9 Å². The molecule has 2 fully saturated rings. The number of hydrogen-bond donors (Lipinski definition) is 1. The van der Waals surface area contributed by atoms with Gasteiger partial charge in [0.05, 0.1) is 23.2 Å². The van der Waals surface area contributed by atoms with Crippen LogP contribution < -0.4 is 10.2 Å². The number of fused-ring (bicyclic) bond motifs is 4. The lowest BCUT2D eigenvalue weighted by molar-refractivity contribution is -0.384. The molecule has 0 saturated carbocycles. The summed E-state index contributed by atoms with van der Waals surface area (Å²) < 4.78 is 5.99. The molecule has 30 heavy (non-hydrogen) atoms. The zero-order chi connectivity index (χ0) is 21.8. The summed E-state index contributed by atoms with van der Waals surface area (Å²) in [5, 5.41) is 13.7. The first-order valence-corrected chi connectivity index (χ1v) is 10.1. The summed E-state index contributed by atoms with van der Waals surface area (Å²) in [5.74, 6) is -1.25. The molecule has 4 atom stereocenters. The molecule has 1 N–H and O–H groups in total. The highest BCUT2D eigenvalue weighted by atomic mass is 16.6. The number of nitrogens with one attached hydrogen (secondary N) is 1. The van der Waals surface area contributed by atoms with Gasteiger partial charge in [0.25, 0.3) is 5.69 Å². The molecule has 1 aromatic carbocycles. The molecule has 3 aliphatic rings. The minimum atomic E-state index is -1.61. The lowest BCUT2D eigenvalue weighted by atomic mass is 9.66. The van der Waals surface area contributed by atoms with Crippen LogP contribution in [0.1, 0.15) is 32.8 Å². The van der Waals surface area contributed by atoms with Gasteiger partial charge in [0.15, 0.2) is 5.41 Å². The first kappa shape index (κ1) is 20.3. The fourth-order valence-corrected chi connectivity index (χ4v) is 5.10. The van der Waals surface area contributed by atoms with Crippen molar-refractivity contribution in [2.75, 3.05) is 18.0 Å². The Morgan fingerprint density at radius 2 is 2.03 bits per heavy atom. The summed E-state index contributed by atoms with van der Waals surface area (Å²) in [7, 11) is 0. The Morgan fingerprint density at radius 3 is 2.70 bits per heavy atom. The van der Waals surface area contributed by atoms with Crippen molar-refractivity contribution in [3.05, 3.63) is 33.9 Å². The highest BCUT2D eigenvalue weighted by molar-refractivity contribution is 6.20. The molecule has 3 heterocycles. The van der Waals surface area contributed by atoms with Crippen molar-refractivity contribution < 1.29 is 24.0 Å². The summed E-state index contributed by atoms with van der Waals surface area (Å²) in [6.45, 7) is 6.15. The molecule has 0 aliphatic carbocycles. The Balaban J connectivity index is 1.91. The number of hydrogen-bond acceptors (Lipinski definition) is 7. The van der Waals surface area contributed by atoms with Gasteiger partial charge in [-0.05, 0) is 31.9 Å². The van der Waals surface area contributed by atoms with E-state index in [1.54, 1.807) is 6.07 Å². The van der Waals surface area contributed by atoms with Crippen LogP contribution in [0.5, 0.6) is 0 Å². The standard InChI is InChI=1S/C20H24N4O6/c1-4-7-22-18(26)20(17(25)21-19(22)27)9-13-8-14(24(28)29)5-6-15(13)23-10-11(2)30-12(3)16(20)23/h5-6,8,11-12,16H,4,7,9-10H2,1-3H3,(H,21,25,27)/t11-,12-,16-,20+/m0/s1. The number of nitro groups is 1. The van der Waals surface area contributed by atoms with Gasteiger partial charge in [-0.2, -0.15) is 0 Å². The van der Waals surface area contributed by atoms with Crippen molar-refractivity contribution in [1.82, 2.24) is 10.2 Å². The topological polar surface area (TPSA) is 122 Å². The normalized spacial score (nSPS) is 30.8. The first-order chi connectivity index (χ1) is 14.2. The molecular formula is C20H24N4O6. The van der Waals surface area contributed by atoms with E-state index in [1.807, 2.05) is 25.7 Å². The van der Waals surface area contributed by atoms with Crippen LogP contribution in [0, 0.1) is 15.5 Å². The number of non-ortho nitro benzene ring substituents is 1. The van der Waals surface area contributed by atoms with Crippen LogP contribution in [0.4, 0.5) is 16.2 Å². The quantitative estimate of drug-likeness (QED) is 0.451. The molecule has 10 nitrogen and oxygen atoms in total. The van der Waals surface area contributed by atoms with Gasteiger partial charge in [-0.1, -0.05) is 6.92 Å². The fraction of sp³-hybridized carbons (Fsp3) is 0.550. The zero-order valence-corrected chi connectivity index (χ0v) is 17.1. The van der Waals surface area contributed by atoms with E-state index in [0.29, 0.717) is 18.5 Å². The molecule has 3 aliphatic heterocycles.